The molecule has 7 N–H and O–H groups in total. The molecule has 4 rings (SSSR count). The minimum absolute atomic E-state index is 0.0589. The Morgan fingerprint density at radius 3 is 2.24 bits per heavy atom. The van der Waals surface area contributed by atoms with Gasteiger partial charge in [-0.2, -0.15) is 0 Å². The van der Waals surface area contributed by atoms with Gasteiger partial charge in [0.15, 0.2) is 0 Å². The molecule has 10 heteroatoms. The van der Waals surface area contributed by atoms with Gasteiger partial charge in [-0.05, 0) is 43.4 Å². The van der Waals surface area contributed by atoms with Crippen molar-refractivity contribution in [3.63, 3.8) is 0 Å². The largest absolute Gasteiger partial charge is 0.384 e. The summed E-state index contributed by atoms with van der Waals surface area (Å²) in [7, 11) is 0. The summed E-state index contributed by atoms with van der Waals surface area (Å²) in [5.74, 6) is 0.210. The fraction of sp³-hybridized carbons (Fsp3) is 0.296. The molecule has 2 aromatic carbocycles. The second-order valence-electron chi connectivity index (χ2n) is 8.38. The van der Waals surface area contributed by atoms with Crippen LogP contribution in [0.3, 0.4) is 0 Å². The van der Waals surface area contributed by atoms with Gasteiger partial charge in [0.25, 0.3) is 0 Å². The highest BCUT2D eigenvalue weighted by molar-refractivity contribution is 7.95. The van der Waals surface area contributed by atoms with Crippen LogP contribution in [0.1, 0.15) is 41.3 Å². The van der Waals surface area contributed by atoms with Crippen molar-refractivity contribution >= 4 is 41.6 Å². The number of carbonyl (C=O) groups excluding carboxylic acids is 2. The lowest BCUT2D eigenvalue weighted by Crippen LogP contribution is -2.38. The summed E-state index contributed by atoms with van der Waals surface area (Å²) < 4.78 is 2.75. The van der Waals surface area contributed by atoms with E-state index in [1.54, 1.807) is 11.4 Å². The molecule has 198 valence electrons. The average Bonchev–Trinajstić information content (AvgIpc) is 3.57. The van der Waals surface area contributed by atoms with E-state index in [0.29, 0.717) is 31.1 Å². The molecule has 2 amide bonds. The van der Waals surface area contributed by atoms with Crippen molar-refractivity contribution in [2.45, 2.75) is 38.8 Å². The van der Waals surface area contributed by atoms with Gasteiger partial charge in [0.2, 0.25) is 12.3 Å². The maximum atomic E-state index is 11.4. The normalized spacial score (nSPS) is 14.0. The Hall–Kier alpha value is -3.18. The van der Waals surface area contributed by atoms with Crippen LogP contribution in [0.5, 0.6) is 0 Å². The van der Waals surface area contributed by atoms with Gasteiger partial charge in [-0.1, -0.05) is 60.7 Å². The molecule has 1 atom stereocenters. The van der Waals surface area contributed by atoms with Crippen LogP contribution in [-0.2, 0) is 22.6 Å². The van der Waals surface area contributed by atoms with E-state index >= 15 is 0 Å². The number of hydrogen-bond acceptors (Lipinski definition) is 7. The number of benzene rings is 2. The number of rotatable bonds is 9. The van der Waals surface area contributed by atoms with E-state index in [2.05, 4.69) is 77.6 Å². The lowest BCUT2D eigenvalue weighted by molar-refractivity contribution is -0.130. The number of nitrogens with two attached hydrogens (primary N) is 2. The molecule has 0 aliphatic carbocycles. The van der Waals surface area contributed by atoms with Gasteiger partial charge >= 0.3 is 0 Å². The molecule has 0 spiro atoms. The van der Waals surface area contributed by atoms with E-state index in [1.165, 1.54) is 22.5 Å². The number of hydrogen-bond donors (Lipinski definition) is 5. The lowest BCUT2D eigenvalue weighted by atomic mass is 10.1. The first kappa shape index (κ1) is 30.0. The number of nitrogen functional groups attached to an aromatic ring is 1. The Morgan fingerprint density at radius 2 is 1.78 bits per heavy atom. The zero-order chi connectivity index (χ0) is 26.9. The van der Waals surface area contributed by atoms with Crippen molar-refractivity contribution in [3.8, 4) is 0 Å². The van der Waals surface area contributed by atoms with Crippen molar-refractivity contribution in [1.29, 1.82) is 5.41 Å². The van der Waals surface area contributed by atoms with E-state index in [4.69, 9.17) is 16.3 Å². The first-order valence-corrected chi connectivity index (χ1v) is 13.7. The van der Waals surface area contributed by atoms with Crippen LogP contribution in [-0.4, -0.2) is 42.2 Å². The van der Waals surface area contributed by atoms with Gasteiger partial charge in [0.05, 0.1) is 13.1 Å². The highest BCUT2D eigenvalue weighted by atomic mass is 32.2. The molecular formula is C27H36N6O2S2. The zero-order valence-corrected chi connectivity index (χ0v) is 22.7. The van der Waals surface area contributed by atoms with Crippen LogP contribution in [0.15, 0.2) is 72.1 Å². The van der Waals surface area contributed by atoms with Crippen molar-refractivity contribution in [1.82, 2.24) is 14.9 Å². The van der Waals surface area contributed by atoms with E-state index < -0.39 is 0 Å². The third-order valence-electron chi connectivity index (χ3n) is 5.60. The van der Waals surface area contributed by atoms with Crippen LogP contribution in [0.4, 0.5) is 0 Å². The number of likely N-dealkylation sites (tertiary alicyclic amines) is 1. The van der Waals surface area contributed by atoms with Crippen LogP contribution in [0, 0.1) is 5.41 Å². The van der Waals surface area contributed by atoms with Gasteiger partial charge in [-0.25, -0.2) is 4.72 Å². The second-order valence-corrected chi connectivity index (χ2v) is 9.90. The molecule has 0 saturated carbocycles. The van der Waals surface area contributed by atoms with Crippen molar-refractivity contribution in [2.75, 3.05) is 13.1 Å². The van der Waals surface area contributed by atoms with Gasteiger partial charge < -0.3 is 16.0 Å². The molecule has 2 heterocycles. The molecule has 3 aromatic rings. The third-order valence-corrected chi connectivity index (χ3v) is 6.85. The van der Waals surface area contributed by atoms with Crippen molar-refractivity contribution in [2.24, 2.45) is 10.9 Å². The Bertz CT molecular complexity index is 1040. The maximum absolute atomic E-state index is 11.4. The molecule has 1 aliphatic rings. The molecule has 1 aliphatic heterocycles. The predicted octanol–water partition coefficient (Wildman–Crippen LogP) is 3.66. The summed E-state index contributed by atoms with van der Waals surface area (Å²) in [4.78, 5) is 24.3. The topological polar surface area (TPSA) is 137 Å². The summed E-state index contributed by atoms with van der Waals surface area (Å²) >= 11 is 2.47. The summed E-state index contributed by atoms with van der Waals surface area (Å²) in [6.07, 6.45) is 3.93. The van der Waals surface area contributed by atoms with Crippen LogP contribution in [0.25, 0.3) is 0 Å². The number of amidine groups is 1. The van der Waals surface area contributed by atoms with Gasteiger partial charge in [0.1, 0.15) is 5.84 Å². The molecule has 1 aromatic heterocycles. The Labute approximate surface area is 227 Å². The minimum Gasteiger partial charge on any atom is -0.384 e. The molecule has 1 saturated heterocycles. The predicted molar refractivity (Wildman–Crippen MR) is 154 cm³/mol. The molecule has 37 heavy (non-hydrogen) atoms. The Balaban J connectivity index is 0.000000195. The molecule has 0 radical (unpaired) electrons. The first-order chi connectivity index (χ1) is 17.9. The summed E-state index contributed by atoms with van der Waals surface area (Å²) in [6.45, 7) is 3.82. The summed E-state index contributed by atoms with van der Waals surface area (Å²) in [6, 6.07) is 23.3. The van der Waals surface area contributed by atoms with E-state index in [-0.39, 0.29) is 11.7 Å². The molecular weight excluding hydrogens is 504 g/mol. The quantitative estimate of drug-likeness (QED) is 0.122. The number of nitrogens with one attached hydrogen (secondary N) is 3. The summed E-state index contributed by atoms with van der Waals surface area (Å²) in [5, 5.41) is 16.6. The Kier molecular flexibility index (Phi) is 14.1. The van der Waals surface area contributed by atoms with Crippen LogP contribution >= 0.6 is 23.5 Å². The van der Waals surface area contributed by atoms with Gasteiger partial charge in [-0.3, -0.25) is 20.1 Å². The molecule has 0 bridgehead atoms. The zero-order valence-electron chi connectivity index (χ0n) is 21.1. The van der Waals surface area contributed by atoms with Gasteiger partial charge in [-0.15, -0.1) is 11.3 Å². The fourth-order valence-electron chi connectivity index (χ4n) is 3.69. The summed E-state index contributed by atoms with van der Waals surface area (Å²) in [5.41, 5.74) is 8.70. The van der Waals surface area contributed by atoms with E-state index in [9.17, 15) is 9.59 Å². The molecule has 1 fully saturated rings. The number of carbonyl (C=O) groups is 2. The van der Waals surface area contributed by atoms with E-state index in [0.717, 1.165) is 42.8 Å². The fourth-order valence-corrected chi connectivity index (χ4v) is 4.73. The maximum Gasteiger partial charge on any atom is 0.237 e. The third kappa shape index (κ3) is 11.6. The minimum atomic E-state index is 0.0589. The van der Waals surface area contributed by atoms with Crippen molar-refractivity contribution in [3.05, 3.63) is 93.7 Å². The van der Waals surface area contributed by atoms with Crippen molar-refractivity contribution < 1.29 is 9.59 Å². The monoisotopic (exact) mass is 540 g/mol. The average molecular weight is 541 g/mol. The van der Waals surface area contributed by atoms with E-state index in [1.807, 2.05) is 4.90 Å². The SMILES string of the molecule is CC1CCCN1C(=O)CNSN.N=C(N)c1csc(CNC=O)c1.c1ccc(Cc2ccccc2)cc1. The Morgan fingerprint density at radius 1 is 1.16 bits per heavy atom. The highest BCUT2D eigenvalue weighted by Crippen LogP contribution is 2.16. The highest BCUT2D eigenvalue weighted by Gasteiger charge is 2.24. The van der Waals surface area contributed by atoms with Crippen LogP contribution in [0.2, 0.25) is 0 Å². The van der Waals surface area contributed by atoms with Gasteiger partial charge in [0, 0.05) is 40.5 Å². The number of thiophene rings is 1. The number of amides is 2. The molecule has 8 nitrogen and oxygen atoms in total. The standard InChI is InChI=1S/C13H12.C7H9N3OS.C7H15N3OS/c1-3-7-12(8-4-1)11-13-9-5-2-6-10-13;8-7(9)5-1-6(12-3-5)2-10-4-11;1-6-3-2-4-10(6)7(11)5-9-12-8/h1-10H,11H2;1,3-4H,2H2,(H3,8,9)(H,10,11);6,9H,2-5,8H2,1H3. The molecule has 1 unspecified atom stereocenters. The first-order valence-electron chi connectivity index (χ1n) is 12.0. The van der Waals surface area contributed by atoms with Crippen LogP contribution < -0.4 is 20.9 Å². The lowest BCUT2D eigenvalue weighted by Gasteiger charge is -2.20. The second kappa shape index (κ2) is 17.3. The number of nitrogens with zero attached hydrogens (tertiary/aromatic N) is 1. The smallest absolute Gasteiger partial charge is 0.237 e.